The molecule has 4 N–H and O–H groups in total. The molecule has 6 nitrogen and oxygen atoms in total. The van der Waals surface area contributed by atoms with Gasteiger partial charge in [0.1, 0.15) is 17.4 Å². The number of hydrogen-bond acceptors (Lipinski definition) is 5. The fraction of sp³-hybridized carbons (Fsp3) is 0.111. The van der Waals surface area contributed by atoms with Crippen LogP contribution in [-0.4, -0.2) is 28.1 Å². The average Bonchev–Trinajstić information content (AvgIpc) is 2.98. The molecule has 0 saturated carbocycles. The van der Waals surface area contributed by atoms with Crippen molar-refractivity contribution in [3.63, 3.8) is 0 Å². The zero-order chi connectivity index (χ0) is 17.1. The Morgan fingerprint density at radius 1 is 1.12 bits per heavy atom. The molecule has 0 amide bonds. The molecule has 0 bridgehead atoms. The summed E-state index contributed by atoms with van der Waals surface area (Å²) >= 11 is 0. The van der Waals surface area contributed by atoms with E-state index in [0.717, 1.165) is 16.5 Å². The third-order valence-corrected chi connectivity index (χ3v) is 3.73. The second kappa shape index (κ2) is 6.55. The Kier molecular flexibility index (Phi) is 4.31. The van der Waals surface area contributed by atoms with Gasteiger partial charge in [-0.05, 0) is 23.8 Å². The van der Waals surface area contributed by atoms with Gasteiger partial charge in [-0.3, -0.25) is 0 Å². The van der Waals surface area contributed by atoms with E-state index in [4.69, 9.17) is 10.5 Å². The minimum Gasteiger partial charge on any atom is -0.507 e. The lowest BCUT2D eigenvalue weighted by Crippen LogP contribution is -2.35. The average molecular weight is 324 g/mol. The number of esters is 2. The molecule has 0 spiro atoms. The minimum atomic E-state index is -0.987. The molecule has 1 heterocycles. The fourth-order valence-corrected chi connectivity index (χ4v) is 2.49. The van der Waals surface area contributed by atoms with Crippen LogP contribution < -0.4 is 5.73 Å². The summed E-state index contributed by atoms with van der Waals surface area (Å²) in [5.41, 5.74) is 7.59. The van der Waals surface area contributed by atoms with E-state index in [1.807, 2.05) is 24.3 Å². The van der Waals surface area contributed by atoms with Gasteiger partial charge >= 0.3 is 11.9 Å². The molecule has 0 aliphatic carbocycles. The number of carbonyl (C=O) groups excluding carboxylic acids is 2. The molecule has 3 rings (SSSR count). The van der Waals surface area contributed by atoms with Crippen molar-refractivity contribution in [1.29, 1.82) is 0 Å². The highest BCUT2D eigenvalue weighted by Crippen LogP contribution is 2.20. The molecule has 0 aliphatic heterocycles. The van der Waals surface area contributed by atoms with E-state index >= 15 is 0 Å². The molecular weight excluding hydrogens is 308 g/mol. The molecule has 0 fully saturated rings. The van der Waals surface area contributed by atoms with Crippen LogP contribution in [0.1, 0.15) is 15.9 Å². The molecule has 0 radical (unpaired) electrons. The number of benzene rings is 2. The molecule has 0 saturated heterocycles. The van der Waals surface area contributed by atoms with E-state index in [1.54, 1.807) is 18.3 Å². The number of phenols is 1. The third kappa shape index (κ3) is 3.13. The highest BCUT2D eigenvalue weighted by atomic mass is 16.6. The van der Waals surface area contributed by atoms with E-state index in [2.05, 4.69) is 4.98 Å². The highest BCUT2D eigenvalue weighted by Gasteiger charge is 2.22. The Labute approximate surface area is 137 Å². The van der Waals surface area contributed by atoms with E-state index in [9.17, 15) is 14.7 Å². The van der Waals surface area contributed by atoms with E-state index in [0.29, 0.717) is 0 Å². The number of nitrogens with one attached hydrogen (secondary N) is 1. The summed E-state index contributed by atoms with van der Waals surface area (Å²) in [5, 5.41) is 10.6. The molecule has 24 heavy (non-hydrogen) atoms. The molecular formula is C18H16N2O4. The number of H-pyrrole nitrogens is 1. The van der Waals surface area contributed by atoms with Gasteiger partial charge in [0.25, 0.3) is 0 Å². The quantitative estimate of drug-likeness (QED) is 0.503. The van der Waals surface area contributed by atoms with Gasteiger partial charge in [0.15, 0.2) is 0 Å². The first kappa shape index (κ1) is 15.8. The standard InChI is InChI=1S/C18H16N2O4/c19-14(9-11-10-20-15-7-3-1-5-12(11)15)18(23)24-17(22)13-6-2-4-8-16(13)21/h1-8,10,14,20-21H,9,19H2/t14-/m0/s1. The van der Waals surface area contributed by atoms with Crippen molar-refractivity contribution in [3.05, 3.63) is 65.9 Å². The van der Waals surface area contributed by atoms with Crippen LogP contribution in [0.25, 0.3) is 10.9 Å². The second-order valence-electron chi connectivity index (χ2n) is 5.40. The van der Waals surface area contributed by atoms with Crippen molar-refractivity contribution in [3.8, 4) is 5.75 Å². The Morgan fingerprint density at radius 2 is 1.83 bits per heavy atom. The first-order valence-corrected chi connectivity index (χ1v) is 7.41. The predicted octanol–water partition coefficient (Wildman–Crippen LogP) is 2.13. The van der Waals surface area contributed by atoms with Crippen LogP contribution in [0.3, 0.4) is 0 Å². The molecule has 122 valence electrons. The second-order valence-corrected chi connectivity index (χ2v) is 5.40. The van der Waals surface area contributed by atoms with Gasteiger partial charge in [0, 0.05) is 23.5 Å². The Hall–Kier alpha value is -3.12. The number of carbonyl (C=O) groups is 2. The van der Waals surface area contributed by atoms with Gasteiger partial charge in [-0.2, -0.15) is 0 Å². The fourth-order valence-electron chi connectivity index (χ4n) is 2.49. The summed E-state index contributed by atoms with van der Waals surface area (Å²) in [6.45, 7) is 0. The number of aromatic nitrogens is 1. The van der Waals surface area contributed by atoms with Crippen molar-refractivity contribution in [2.75, 3.05) is 0 Å². The van der Waals surface area contributed by atoms with Crippen LogP contribution in [0.2, 0.25) is 0 Å². The third-order valence-electron chi connectivity index (χ3n) is 3.73. The van der Waals surface area contributed by atoms with Gasteiger partial charge in [-0.1, -0.05) is 30.3 Å². The van der Waals surface area contributed by atoms with Gasteiger partial charge in [-0.25, -0.2) is 9.59 Å². The minimum absolute atomic E-state index is 0.0786. The number of para-hydroxylation sites is 2. The van der Waals surface area contributed by atoms with Crippen LogP contribution in [0.15, 0.2) is 54.7 Å². The van der Waals surface area contributed by atoms with E-state index in [-0.39, 0.29) is 17.7 Å². The maximum Gasteiger partial charge on any atom is 0.349 e. The van der Waals surface area contributed by atoms with E-state index in [1.165, 1.54) is 12.1 Å². The Morgan fingerprint density at radius 3 is 2.62 bits per heavy atom. The molecule has 2 aromatic carbocycles. The maximum absolute atomic E-state index is 12.0. The molecule has 6 heteroatoms. The van der Waals surface area contributed by atoms with Crippen molar-refractivity contribution >= 4 is 22.8 Å². The topological polar surface area (TPSA) is 105 Å². The van der Waals surface area contributed by atoms with Crippen molar-refractivity contribution in [1.82, 2.24) is 4.98 Å². The Balaban J connectivity index is 1.69. The predicted molar refractivity (Wildman–Crippen MR) is 88.5 cm³/mol. The number of aromatic amines is 1. The first-order chi connectivity index (χ1) is 11.6. The largest absolute Gasteiger partial charge is 0.507 e. The summed E-state index contributed by atoms with van der Waals surface area (Å²) < 4.78 is 4.77. The summed E-state index contributed by atoms with van der Waals surface area (Å²) in [4.78, 5) is 27.1. The summed E-state index contributed by atoms with van der Waals surface area (Å²) in [6.07, 6.45) is 2.01. The summed E-state index contributed by atoms with van der Waals surface area (Å²) in [6, 6.07) is 12.5. The highest BCUT2D eigenvalue weighted by molar-refractivity contribution is 6.00. The van der Waals surface area contributed by atoms with Crippen molar-refractivity contribution < 1.29 is 19.4 Å². The Bertz CT molecular complexity index is 901. The van der Waals surface area contributed by atoms with Crippen LogP contribution in [-0.2, 0) is 16.0 Å². The number of nitrogens with two attached hydrogens (primary N) is 1. The molecule has 0 aliphatic rings. The number of rotatable bonds is 4. The van der Waals surface area contributed by atoms with E-state index < -0.39 is 18.0 Å². The first-order valence-electron chi connectivity index (χ1n) is 7.41. The van der Waals surface area contributed by atoms with Gasteiger partial charge in [0.2, 0.25) is 0 Å². The number of hydrogen-bond donors (Lipinski definition) is 3. The zero-order valence-corrected chi connectivity index (χ0v) is 12.7. The van der Waals surface area contributed by atoms with Gasteiger partial charge < -0.3 is 20.6 Å². The monoisotopic (exact) mass is 324 g/mol. The lowest BCUT2D eigenvalue weighted by Gasteiger charge is -2.10. The number of fused-ring (bicyclic) bond motifs is 1. The van der Waals surface area contributed by atoms with Crippen molar-refractivity contribution in [2.45, 2.75) is 12.5 Å². The number of aromatic hydroxyl groups is 1. The maximum atomic E-state index is 12.0. The molecule has 1 aromatic heterocycles. The molecule has 0 unspecified atom stereocenters. The zero-order valence-electron chi connectivity index (χ0n) is 12.7. The number of phenolic OH excluding ortho intramolecular Hbond substituents is 1. The smallest absolute Gasteiger partial charge is 0.349 e. The van der Waals surface area contributed by atoms with Crippen LogP contribution in [0.5, 0.6) is 5.75 Å². The lowest BCUT2D eigenvalue weighted by atomic mass is 10.1. The lowest BCUT2D eigenvalue weighted by molar-refractivity contribution is -0.139. The SMILES string of the molecule is N[C@@H](Cc1c[nH]c2ccccc12)C(=O)OC(=O)c1ccccc1O. The molecule has 3 aromatic rings. The summed E-state index contributed by atoms with van der Waals surface area (Å²) in [7, 11) is 0. The molecule has 1 atom stereocenters. The van der Waals surface area contributed by atoms with Crippen LogP contribution >= 0.6 is 0 Å². The summed E-state index contributed by atoms with van der Waals surface area (Å²) in [5.74, 6) is -2.01. The van der Waals surface area contributed by atoms with Gasteiger partial charge in [-0.15, -0.1) is 0 Å². The van der Waals surface area contributed by atoms with Crippen LogP contribution in [0, 0.1) is 0 Å². The van der Waals surface area contributed by atoms with Gasteiger partial charge in [0.05, 0.1) is 0 Å². The normalized spacial score (nSPS) is 12.0. The van der Waals surface area contributed by atoms with Crippen molar-refractivity contribution in [2.24, 2.45) is 5.73 Å². The van der Waals surface area contributed by atoms with Crippen LogP contribution in [0.4, 0.5) is 0 Å². The number of ether oxygens (including phenoxy) is 1.